The number of aliphatic hydroxyl groups is 1. The van der Waals surface area contributed by atoms with Crippen molar-refractivity contribution in [2.24, 2.45) is 5.73 Å². The Morgan fingerprint density at radius 1 is 1.75 bits per heavy atom. The average Bonchev–Trinajstić information content (AvgIpc) is 2.48. The molecule has 0 saturated carbocycles. The van der Waals surface area contributed by atoms with Crippen molar-refractivity contribution in [3.05, 3.63) is 28.0 Å². The van der Waals surface area contributed by atoms with E-state index in [1.807, 2.05) is 11.4 Å². The lowest BCUT2D eigenvalue weighted by atomic mass is 10.3. The zero-order valence-electron chi connectivity index (χ0n) is 6.36. The summed E-state index contributed by atoms with van der Waals surface area (Å²) in [6, 6.07) is 1.81. The number of carbonyl (C=O) groups is 1. The van der Waals surface area contributed by atoms with E-state index >= 15 is 0 Å². The number of carbonyl (C=O) groups excluding carboxylic acids is 1. The Labute approximate surface area is 74.1 Å². The van der Waals surface area contributed by atoms with E-state index in [1.165, 1.54) is 17.4 Å². The molecule has 4 heteroatoms. The molecule has 0 unspecified atom stereocenters. The predicted octanol–water partition coefficient (Wildman–Crippen LogP) is 0.739. The van der Waals surface area contributed by atoms with Crippen molar-refractivity contribution in [1.29, 1.82) is 0 Å². The summed E-state index contributed by atoms with van der Waals surface area (Å²) < 4.78 is 0. The Morgan fingerprint density at radius 2 is 2.50 bits per heavy atom. The topological polar surface area (TPSA) is 63.3 Å². The van der Waals surface area contributed by atoms with Crippen LogP contribution >= 0.6 is 11.3 Å². The minimum atomic E-state index is -0.466. The molecule has 0 spiro atoms. The molecule has 12 heavy (non-hydrogen) atoms. The molecule has 1 aromatic heterocycles. The summed E-state index contributed by atoms with van der Waals surface area (Å²) in [6.45, 7) is 0.0368. The van der Waals surface area contributed by atoms with Crippen molar-refractivity contribution < 1.29 is 9.90 Å². The highest BCUT2D eigenvalue weighted by molar-refractivity contribution is 7.10. The van der Waals surface area contributed by atoms with Gasteiger partial charge in [-0.3, -0.25) is 4.79 Å². The number of hydrogen-bond acceptors (Lipinski definition) is 3. The van der Waals surface area contributed by atoms with Gasteiger partial charge in [0.25, 0.3) is 0 Å². The Kier molecular flexibility index (Phi) is 3.01. The molecule has 0 aliphatic rings. The molecule has 0 radical (unpaired) electrons. The second kappa shape index (κ2) is 4.04. The quantitative estimate of drug-likeness (QED) is 0.679. The minimum absolute atomic E-state index is 0.0368. The smallest absolute Gasteiger partial charge is 0.241 e. The van der Waals surface area contributed by atoms with Gasteiger partial charge in [-0.05, 0) is 23.1 Å². The third-order valence-corrected chi connectivity index (χ3v) is 2.21. The minimum Gasteiger partial charge on any atom is -0.391 e. The Hall–Kier alpha value is -1.13. The van der Waals surface area contributed by atoms with Gasteiger partial charge in [-0.1, -0.05) is 0 Å². The number of rotatable bonds is 3. The molecule has 0 saturated heterocycles. The van der Waals surface area contributed by atoms with Gasteiger partial charge in [-0.15, -0.1) is 11.3 Å². The van der Waals surface area contributed by atoms with Crippen LogP contribution in [0.3, 0.4) is 0 Å². The van der Waals surface area contributed by atoms with E-state index in [0.717, 1.165) is 10.4 Å². The maximum Gasteiger partial charge on any atom is 0.241 e. The number of amides is 1. The van der Waals surface area contributed by atoms with E-state index in [1.54, 1.807) is 6.08 Å². The average molecular weight is 183 g/mol. The van der Waals surface area contributed by atoms with Crippen molar-refractivity contribution in [3.8, 4) is 0 Å². The first-order chi connectivity index (χ1) is 5.72. The van der Waals surface area contributed by atoms with Crippen LogP contribution in [0.1, 0.15) is 10.4 Å². The highest BCUT2D eigenvalue weighted by atomic mass is 32.1. The van der Waals surface area contributed by atoms with Gasteiger partial charge in [0.05, 0.1) is 6.61 Å². The molecular weight excluding hydrogens is 174 g/mol. The lowest BCUT2D eigenvalue weighted by Gasteiger charge is -1.82. The normalized spacial score (nSPS) is 10.8. The van der Waals surface area contributed by atoms with Gasteiger partial charge in [-0.2, -0.15) is 0 Å². The van der Waals surface area contributed by atoms with Crippen LogP contribution < -0.4 is 5.73 Å². The molecule has 64 valence electrons. The summed E-state index contributed by atoms with van der Waals surface area (Å²) in [5.74, 6) is -0.466. The molecule has 1 heterocycles. The molecule has 3 N–H and O–H groups in total. The SMILES string of the molecule is NC(=O)C=Cc1csc(CO)c1. The highest BCUT2D eigenvalue weighted by Gasteiger charge is 1.94. The van der Waals surface area contributed by atoms with Gasteiger partial charge >= 0.3 is 0 Å². The zero-order valence-corrected chi connectivity index (χ0v) is 7.17. The Balaban J connectivity index is 2.70. The van der Waals surface area contributed by atoms with E-state index in [4.69, 9.17) is 10.8 Å². The standard InChI is InChI=1S/C8H9NO2S/c9-8(11)2-1-6-3-7(4-10)12-5-6/h1-3,5,10H,4H2,(H2,9,11). The van der Waals surface area contributed by atoms with Crippen LogP contribution in [0.4, 0.5) is 0 Å². The lowest BCUT2D eigenvalue weighted by Crippen LogP contribution is -2.04. The van der Waals surface area contributed by atoms with Gasteiger partial charge in [0, 0.05) is 11.0 Å². The fraction of sp³-hybridized carbons (Fsp3) is 0.125. The summed E-state index contributed by atoms with van der Waals surface area (Å²) in [7, 11) is 0. The predicted molar refractivity (Wildman–Crippen MR) is 48.5 cm³/mol. The van der Waals surface area contributed by atoms with E-state index < -0.39 is 5.91 Å². The third-order valence-electron chi connectivity index (χ3n) is 1.27. The largest absolute Gasteiger partial charge is 0.391 e. The third kappa shape index (κ3) is 2.48. The van der Waals surface area contributed by atoms with Crippen molar-refractivity contribution in [1.82, 2.24) is 0 Å². The van der Waals surface area contributed by atoms with Crippen LogP contribution in [-0.4, -0.2) is 11.0 Å². The maximum atomic E-state index is 10.3. The summed E-state index contributed by atoms with van der Waals surface area (Å²) in [5, 5.41) is 10.6. The zero-order chi connectivity index (χ0) is 8.97. The first-order valence-electron chi connectivity index (χ1n) is 3.38. The first kappa shape index (κ1) is 8.96. The van der Waals surface area contributed by atoms with Crippen molar-refractivity contribution in [2.75, 3.05) is 0 Å². The first-order valence-corrected chi connectivity index (χ1v) is 4.26. The van der Waals surface area contributed by atoms with E-state index in [-0.39, 0.29) is 6.61 Å². The van der Waals surface area contributed by atoms with Crippen LogP contribution in [0.25, 0.3) is 6.08 Å². The van der Waals surface area contributed by atoms with Crippen LogP contribution in [0.5, 0.6) is 0 Å². The van der Waals surface area contributed by atoms with Gasteiger partial charge in [0.15, 0.2) is 0 Å². The molecule has 0 bridgehead atoms. The number of nitrogens with two attached hydrogens (primary N) is 1. The molecule has 1 rings (SSSR count). The molecule has 0 aliphatic heterocycles. The summed E-state index contributed by atoms with van der Waals surface area (Å²) in [4.78, 5) is 11.2. The van der Waals surface area contributed by atoms with Gasteiger partial charge in [-0.25, -0.2) is 0 Å². The second-order valence-corrected chi connectivity index (χ2v) is 3.24. The number of aliphatic hydroxyl groups excluding tert-OH is 1. The lowest BCUT2D eigenvalue weighted by molar-refractivity contribution is -0.113. The van der Waals surface area contributed by atoms with Gasteiger partial charge in [0.1, 0.15) is 0 Å². The van der Waals surface area contributed by atoms with Crippen molar-refractivity contribution in [3.63, 3.8) is 0 Å². The van der Waals surface area contributed by atoms with E-state index in [0.29, 0.717) is 0 Å². The molecule has 0 fully saturated rings. The van der Waals surface area contributed by atoms with Crippen LogP contribution in [-0.2, 0) is 11.4 Å². The molecule has 1 amide bonds. The Morgan fingerprint density at radius 3 is 3.00 bits per heavy atom. The van der Waals surface area contributed by atoms with E-state index in [2.05, 4.69) is 0 Å². The summed E-state index contributed by atoms with van der Waals surface area (Å²) >= 11 is 1.45. The highest BCUT2D eigenvalue weighted by Crippen LogP contribution is 2.15. The summed E-state index contributed by atoms with van der Waals surface area (Å²) in [5.41, 5.74) is 5.80. The molecule has 3 nitrogen and oxygen atoms in total. The number of hydrogen-bond donors (Lipinski definition) is 2. The van der Waals surface area contributed by atoms with Gasteiger partial charge < -0.3 is 10.8 Å². The fourth-order valence-electron chi connectivity index (χ4n) is 0.746. The van der Waals surface area contributed by atoms with E-state index in [9.17, 15) is 4.79 Å². The maximum absolute atomic E-state index is 10.3. The number of primary amides is 1. The Bertz CT molecular complexity index is 304. The molecular formula is C8H9NO2S. The van der Waals surface area contributed by atoms with Gasteiger partial charge in [0.2, 0.25) is 5.91 Å². The van der Waals surface area contributed by atoms with Crippen LogP contribution in [0.15, 0.2) is 17.5 Å². The fourth-order valence-corrected chi connectivity index (χ4v) is 1.46. The number of thiophene rings is 1. The molecule has 0 aliphatic carbocycles. The van der Waals surface area contributed by atoms with Crippen LogP contribution in [0.2, 0.25) is 0 Å². The summed E-state index contributed by atoms with van der Waals surface area (Å²) in [6.07, 6.45) is 2.92. The second-order valence-electron chi connectivity index (χ2n) is 2.24. The van der Waals surface area contributed by atoms with Crippen molar-refractivity contribution >= 4 is 23.3 Å². The van der Waals surface area contributed by atoms with Crippen LogP contribution in [0, 0.1) is 0 Å². The molecule has 1 aromatic rings. The monoisotopic (exact) mass is 183 g/mol. The molecule has 0 atom stereocenters. The molecule has 0 aromatic carbocycles. The van der Waals surface area contributed by atoms with Crippen molar-refractivity contribution in [2.45, 2.75) is 6.61 Å².